The molecule has 0 bridgehead atoms. The van der Waals surface area contributed by atoms with Crippen LogP contribution in [0.5, 0.6) is 0 Å². The van der Waals surface area contributed by atoms with Gasteiger partial charge in [0, 0.05) is 6.42 Å². The van der Waals surface area contributed by atoms with E-state index in [0.717, 1.165) is 0 Å². The van der Waals surface area contributed by atoms with Crippen molar-refractivity contribution in [3.05, 3.63) is 0 Å². The molecule has 0 aromatic carbocycles. The number of carbonyl (C=O) groups is 3. The van der Waals surface area contributed by atoms with E-state index in [1.165, 1.54) is 0 Å². The summed E-state index contributed by atoms with van der Waals surface area (Å²) >= 11 is 0. The third-order valence-corrected chi connectivity index (χ3v) is 1.31. The fourth-order valence-corrected chi connectivity index (χ4v) is 0.554. The van der Waals surface area contributed by atoms with E-state index in [-0.39, 0.29) is 19.4 Å². The predicted octanol–water partition coefficient (Wildman–Crippen LogP) is -1.45. The first-order valence-corrected chi connectivity index (χ1v) is 4.37. The maximum Gasteiger partial charge on any atom is 0.320 e. The summed E-state index contributed by atoms with van der Waals surface area (Å²) in [6.07, 6.45) is -0.224. The van der Waals surface area contributed by atoms with Crippen molar-refractivity contribution >= 4 is 17.9 Å². The molecule has 0 aliphatic heterocycles. The van der Waals surface area contributed by atoms with E-state index < -0.39 is 23.9 Å². The van der Waals surface area contributed by atoms with Crippen molar-refractivity contribution in [3.63, 3.8) is 0 Å². The quantitative estimate of drug-likeness (QED) is 0.376. The predicted molar refractivity (Wildman–Crippen MR) is 54.0 cm³/mol. The first-order valence-electron chi connectivity index (χ1n) is 4.37. The van der Waals surface area contributed by atoms with Crippen molar-refractivity contribution < 1.29 is 29.7 Å². The highest BCUT2D eigenvalue weighted by atomic mass is 16.4. The molecule has 0 aliphatic rings. The van der Waals surface area contributed by atoms with Gasteiger partial charge in [-0.2, -0.15) is 0 Å². The fraction of sp³-hybridized carbons (Fsp3) is 0.625. The minimum atomic E-state index is -1.17. The summed E-state index contributed by atoms with van der Waals surface area (Å²) in [5.41, 5.74) is 5.00. The van der Waals surface area contributed by atoms with Crippen LogP contribution in [0.4, 0.5) is 0 Å². The van der Waals surface area contributed by atoms with E-state index in [0.29, 0.717) is 0 Å². The highest BCUT2D eigenvalue weighted by Gasteiger charge is 2.12. The Balaban J connectivity index is 0. The maximum absolute atomic E-state index is 9.99. The molecule has 0 aromatic rings. The van der Waals surface area contributed by atoms with Gasteiger partial charge in [-0.05, 0) is 13.5 Å². The molecule has 0 aliphatic carbocycles. The Bertz CT molecular complexity index is 243. The number of aliphatic carboxylic acids is 3. The van der Waals surface area contributed by atoms with Crippen LogP contribution in [-0.4, -0.2) is 52.9 Å². The number of carboxylic acids is 3. The van der Waals surface area contributed by atoms with Crippen LogP contribution in [0.2, 0.25) is 0 Å². The topological polar surface area (TPSA) is 150 Å². The lowest BCUT2D eigenvalue weighted by molar-refractivity contribution is -0.140. The lowest BCUT2D eigenvalue weighted by Crippen LogP contribution is -2.30. The molecule has 1 atom stereocenters. The molecule has 0 aromatic heterocycles. The lowest BCUT2D eigenvalue weighted by atomic mass is 10.2. The molecule has 0 heterocycles. The summed E-state index contributed by atoms with van der Waals surface area (Å²) in [5, 5.41) is 26.6. The van der Waals surface area contributed by atoms with Crippen LogP contribution in [0, 0.1) is 0 Å². The third kappa shape index (κ3) is 14.8. The van der Waals surface area contributed by atoms with Crippen molar-refractivity contribution in [2.75, 3.05) is 13.6 Å². The van der Waals surface area contributed by atoms with Crippen molar-refractivity contribution in [3.8, 4) is 0 Å². The first kappa shape index (κ1) is 16.7. The Morgan fingerprint density at radius 1 is 1.19 bits per heavy atom. The monoisotopic (exact) mass is 236 g/mol. The van der Waals surface area contributed by atoms with Crippen molar-refractivity contribution in [2.24, 2.45) is 5.73 Å². The van der Waals surface area contributed by atoms with E-state index in [4.69, 9.17) is 21.1 Å². The summed E-state index contributed by atoms with van der Waals surface area (Å²) in [6.45, 7) is 0.0417. The van der Waals surface area contributed by atoms with Gasteiger partial charge < -0.3 is 26.4 Å². The van der Waals surface area contributed by atoms with Gasteiger partial charge >= 0.3 is 17.9 Å². The minimum absolute atomic E-state index is 0.0231. The molecule has 0 saturated heterocycles. The van der Waals surface area contributed by atoms with Crippen LogP contribution in [0.25, 0.3) is 0 Å². The van der Waals surface area contributed by atoms with E-state index >= 15 is 0 Å². The molecule has 1 unspecified atom stereocenters. The van der Waals surface area contributed by atoms with E-state index in [1.54, 1.807) is 7.05 Å². The molecular formula is C8H16N2O6. The number of nitrogens with one attached hydrogen (secondary N) is 1. The SMILES string of the molecule is CNCC(=O)O.NC(CCC(=O)O)C(=O)O. The van der Waals surface area contributed by atoms with Crippen LogP contribution < -0.4 is 11.1 Å². The highest BCUT2D eigenvalue weighted by molar-refractivity contribution is 5.74. The fourth-order valence-electron chi connectivity index (χ4n) is 0.554. The zero-order valence-corrected chi connectivity index (χ0v) is 8.84. The second-order valence-corrected chi connectivity index (χ2v) is 2.80. The number of likely N-dealkylation sites (N-methyl/N-ethyl adjacent to an activating group) is 1. The van der Waals surface area contributed by atoms with Crippen LogP contribution >= 0.6 is 0 Å². The van der Waals surface area contributed by atoms with Gasteiger partial charge in [0.1, 0.15) is 6.04 Å². The van der Waals surface area contributed by atoms with Gasteiger partial charge in [-0.1, -0.05) is 0 Å². The van der Waals surface area contributed by atoms with Crippen LogP contribution in [0.15, 0.2) is 0 Å². The average Bonchev–Trinajstić information content (AvgIpc) is 2.14. The Kier molecular flexibility index (Phi) is 10.3. The molecular weight excluding hydrogens is 220 g/mol. The molecule has 16 heavy (non-hydrogen) atoms. The van der Waals surface area contributed by atoms with Gasteiger partial charge in [0.25, 0.3) is 0 Å². The Labute approximate surface area is 92.1 Å². The molecule has 0 rings (SSSR count). The second kappa shape index (κ2) is 9.87. The van der Waals surface area contributed by atoms with Crippen LogP contribution in [0.1, 0.15) is 12.8 Å². The highest BCUT2D eigenvalue weighted by Crippen LogP contribution is 1.93. The molecule has 0 fully saturated rings. The van der Waals surface area contributed by atoms with Gasteiger partial charge in [-0.3, -0.25) is 14.4 Å². The van der Waals surface area contributed by atoms with Gasteiger partial charge in [-0.15, -0.1) is 0 Å². The third-order valence-electron chi connectivity index (χ3n) is 1.31. The first-order chi connectivity index (χ1) is 7.31. The number of carboxylic acid groups (broad SMARTS) is 3. The van der Waals surface area contributed by atoms with Gasteiger partial charge in [-0.25, -0.2) is 0 Å². The molecule has 0 radical (unpaired) electrons. The van der Waals surface area contributed by atoms with E-state index in [2.05, 4.69) is 5.32 Å². The Morgan fingerprint density at radius 2 is 1.69 bits per heavy atom. The molecule has 6 N–H and O–H groups in total. The molecule has 0 saturated carbocycles. The number of nitrogens with two attached hydrogens (primary N) is 1. The summed E-state index contributed by atoms with van der Waals surface area (Å²) < 4.78 is 0. The summed E-state index contributed by atoms with van der Waals surface area (Å²) in [5.74, 6) is -3.02. The standard InChI is InChI=1S/C5H9NO4.C3H7NO2/c6-3(5(9)10)1-2-4(7)8;1-4-2-3(5)6/h3H,1-2,6H2,(H,7,8)(H,9,10);4H,2H2,1H3,(H,5,6). The maximum atomic E-state index is 9.99. The summed E-state index contributed by atoms with van der Waals surface area (Å²) in [4.78, 5) is 29.4. The number of hydrogen-bond acceptors (Lipinski definition) is 5. The second-order valence-electron chi connectivity index (χ2n) is 2.80. The van der Waals surface area contributed by atoms with Gasteiger partial charge in [0.2, 0.25) is 0 Å². The van der Waals surface area contributed by atoms with Crippen molar-refractivity contribution in [1.82, 2.24) is 5.32 Å². The molecule has 0 amide bonds. The van der Waals surface area contributed by atoms with Gasteiger partial charge in [0.05, 0.1) is 6.54 Å². The van der Waals surface area contributed by atoms with Crippen LogP contribution in [-0.2, 0) is 14.4 Å². The smallest absolute Gasteiger partial charge is 0.320 e. The normalized spacial score (nSPS) is 10.9. The van der Waals surface area contributed by atoms with Crippen LogP contribution in [0.3, 0.4) is 0 Å². The largest absolute Gasteiger partial charge is 0.481 e. The Hall–Kier alpha value is -1.67. The zero-order valence-electron chi connectivity index (χ0n) is 8.84. The minimum Gasteiger partial charge on any atom is -0.481 e. The lowest BCUT2D eigenvalue weighted by Gasteiger charge is -2.01. The molecule has 8 nitrogen and oxygen atoms in total. The Morgan fingerprint density at radius 3 is 1.88 bits per heavy atom. The van der Waals surface area contributed by atoms with E-state index in [1.807, 2.05) is 0 Å². The average molecular weight is 236 g/mol. The molecule has 0 spiro atoms. The summed E-state index contributed by atoms with van der Waals surface area (Å²) in [6, 6.07) is -1.06. The molecule has 8 heteroatoms. The van der Waals surface area contributed by atoms with Gasteiger partial charge in [0.15, 0.2) is 0 Å². The molecule has 94 valence electrons. The van der Waals surface area contributed by atoms with E-state index in [9.17, 15) is 14.4 Å². The zero-order chi connectivity index (χ0) is 13.1. The number of hydrogen-bond donors (Lipinski definition) is 5. The number of rotatable bonds is 6. The van der Waals surface area contributed by atoms with Crippen molar-refractivity contribution in [2.45, 2.75) is 18.9 Å². The summed E-state index contributed by atoms with van der Waals surface area (Å²) in [7, 11) is 1.59. The van der Waals surface area contributed by atoms with Crippen molar-refractivity contribution in [1.29, 1.82) is 0 Å².